The third kappa shape index (κ3) is 3.37. The fourth-order valence-electron chi connectivity index (χ4n) is 4.00. The number of carbonyl (C=O) groups is 3. The van der Waals surface area contributed by atoms with Crippen LogP contribution >= 0.6 is 0 Å². The second kappa shape index (κ2) is 7.35. The van der Waals surface area contributed by atoms with E-state index in [1.165, 1.54) is 0 Å². The lowest BCUT2D eigenvalue weighted by Gasteiger charge is -2.27. The summed E-state index contributed by atoms with van der Waals surface area (Å²) in [5.41, 5.74) is 1.66. The van der Waals surface area contributed by atoms with E-state index in [2.05, 4.69) is 5.32 Å². The minimum Gasteiger partial charge on any atom is -0.352 e. The van der Waals surface area contributed by atoms with Crippen LogP contribution in [0.3, 0.4) is 0 Å². The molecule has 1 saturated carbocycles. The second-order valence-electron chi connectivity index (χ2n) is 7.22. The van der Waals surface area contributed by atoms with E-state index in [1.54, 1.807) is 24.3 Å². The summed E-state index contributed by atoms with van der Waals surface area (Å²) in [7, 11) is 0. The van der Waals surface area contributed by atoms with Crippen LogP contribution in [0.2, 0.25) is 0 Å². The average molecular weight is 362 g/mol. The number of hydrogen-bond acceptors (Lipinski definition) is 3. The highest BCUT2D eigenvalue weighted by Gasteiger charge is 2.43. The molecule has 0 spiro atoms. The fraction of sp³-hybridized carbons (Fsp3) is 0.318. The third-order valence-corrected chi connectivity index (χ3v) is 5.41. The molecule has 3 amide bonds. The van der Waals surface area contributed by atoms with Gasteiger partial charge >= 0.3 is 0 Å². The number of nitrogens with one attached hydrogen (secondary N) is 1. The maximum atomic E-state index is 13.1. The Labute approximate surface area is 158 Å². The largest absolute Gasteiger partial charge is 0.352 e. The smallest absolute Gasteiger partial charge is 0.262 e. The molecule has 1 N–H and O–H groups in total. The quantitative estimate of drug-likeness (QED) is 0.832. The van der Waals surface area contributed by atoms with E-state index < -0.39 is 17.9 Å². The standard InChI is InChI=1S/C22H22N2O3/c25-20(23-16-10-4-5-11-16)19(14-15-8-2-1-3-9-15)24-21(26)17-12-6-7-13-18(17)22(24)27/h1-3,6-9,12-13,16,19H,4-5,10-11,14H2,(H,23,25)/t19-/m0/s1. The summed E-state index contributed by atoms with van der Waals surface area (Å²) in [6, 6.07) is 15.5. The van der Waals surface area contributed by atoms with E-state index in [0.717, 1.165) is 36.1 Å². The number of imide groups is 1. The first kappa shape index (κ1) is 17.5. The lowest BCUT2D eigenvalue weighted by molar-refractivity contribution is -0.125. The van der Waals surface area contributed by atoms with Gasteiger partial charge in [-0.25, -0.2) is 0 Å². The molecular weight excluding hydrogens is 340 g/mol. The van der Waals surface area contributed by atoms with Crippen molar-refractivity contribution in [3.8, 4) is 0 Å². The molecule has 1 aliphatic carbocycles. The molecule has 5 heteroatoms. The van der Waals surface area contributed by atoms with Gasteiger partial charge in [-0.2, -0.15) is 0 Å². The van der Waals surface area contributed by atoms with Gasteiger partial charge in [0.2, 0.25) is 5.91 Å². The van der Waals surface area contributed by atoms with E-state index >= 15 is 0 Å². The van der Waals surface area contributed by atoms with Crippen LogP contribution in [0.1, 0.15) is 52.0 Å². The van der Waals surface area contributed by atoms with Gasteiger partial charge < -0.3 is 5.32 Å². The van der Waals surface area contributed by atoms with Crippen LogP contribution in [0.25, 0.3) is 0 Å². The molecule has 0 aromatic heterocycles. The Morgan fingerprint density at radius 3 is 2.07 bits per heavy atom. The summed E-state index contributed by atoms with van der Waals surface area (Å²) < 4.78 is 0. The molecule has 0 radical (unpaired) electrons. The van der Waals surface area contributed by atoms with Crippen LogP contribution in [0, 0.1) is 0 Å². The number of nitrogens with zero attached hydrogens (tertiary/aromatic N) is 1. The van der Waals surface area contributed by atoms with E-state index in [0.29, 0.717) is 17.5 Å². The molecule has 1 atom stereocenters. The van der Waals surface area contributed by atoms with Gasteiger partial charge in [0.05, 0.1) is 11.1 Å². The van der Waals surface area contributed by atoms with Gasteiger partial charge in [-0.05, 0) is 30.5 Å². The Bertz CT molecular complexity index is 837. The molecule has 4 rings (SSSR count). The van der Waals surface area contributed by atoms with Crippen molar-refractivity contribution in [2.75, 3.05) is 0 Å². The minimum absolute atomic E-state index is 0.131. The maximum Gasteiger partial charge on any atom is 0.262 e. The third-order valence-electron chi connectivity index (χ3n) is 5.41. The summed E-state index contributed by atoms with van der Waals surface area (Å²) in [6.07, 6.45) is 4.41. The van der Waals surface area contributed by atoms with Crippen molar-refractivity contribution in [3.05, 3.63) is 71.3 Å². The Balaban J connectivity index is 1.64. The fourth-order valence-corrected chi connectivity index (χ4v) is 4.00. The van der Waals surface area contributed by atoms with Crippen molar-refractivity contribution in [2.45, 2.75) is 44.2 Å². The average Bonchev–Trinajstić information content (AvgIpc) is 3.28. The molecule has 138 valence electrons. The number of benzene rings is 2. The number of amides is 3. The molecular formula is C22H22N2O3. The van der Waals surface area contributed by atoms with Gasteiger partial charge in [0.25, 0.3) is 11.8 Å². The predicted molar refractivity (Wildman–Crippen MR) is 101 cm³/mol. The second-order valence-corrected chi connectivity index (χ2v) is 7.22. The Morgan fingerprint density at radius 1 is 0.926 bits per heavy atom. The predicted octanol–water partition coefficient (Wildman–Crippen LogP) is 2.95. The van der Waals surface area contributed by atoms with E-state index in [1.807, 2.05) is 30.3 Å². The summed E-state index contributed by atoms with van der Waals surface area (Å²) in [5, 5.41) is 3.06. The zero-order valence-corrected chi connectivity index (χ0v) is 15.1. The number of hydrogen-bond donors (Lipinski definition) is 1. The van der Waals surface area contributed by atoms with E-state index in [9.17, 15) is 14.4 Å². The van der Waals surface area contributed by atoms with Crippen molar-refractivity contribution >= 4 is 17.7 Å². The van der Waals surface area contributed by atoms with Gasteiger partial charge in [0.15, 0.2) is 0 Å². The first-order chi connectivity index (χ1) is 13.1. The van der Waals surface area contributed by atoms with Crippen molar-refractivity contribution in [2.24, 2.45) is 0 Å². The zero-order valence-electron chi connectivity index (χ0n) is 15.1. The van der Waals surface area contributed by atoms with Crippen LogP contribution in [0.15, 0.2) is 54.6 Å². The molecule has 2 aromatic carbocycles. The number of rotatable bonds is 5. The topological polar surface area (TPSA) is 66.5 Å². The Kier molecular flexibility index (Phi) is 4.75. The lowest BCUT2D eigenvalue weighted by Crippen LogP contribution is -2.52. The maximum absolute atomic E-state index is 13.1. The first-order valence-electron chi connectivity index (χ1n) is 9.46. The molecule has 0 saturated heterocycles. The minimum atomic E-state index is -0.847. The molecule has 5 nitrogen and oxygen atoms in total. The van der Waals surface area contributed by atoms with Crippen molar-refractivity contribution in [3.63, 3.8) is 0 Å². The molecule has 2 aliphatic rings. The highest BCUT2D eigenvalue weighted by atomic mass is 16.2. The monoisotopic (exact) mass is 362 g/mol. The normalized spacial score (nSPS) is 17.9. The van der Waals surface area contributed by atoms with E-state index in [4.69, 9.17) is 0 Å². The summed E-state index contributed by atoms with van der Waals surface area (Å²) >= 11 is 0. The molecule has 1 heterocycles. The SMILES string of the molecule is O=C(NC1CCCC1)[C@H](Cc1ccccc1)N1C(=O)c2ccccc2C1=O. The summed E-state index contributed by atoms with van der Waals surface area (Å²) in [6.45, 7) is 0. The van der Waals surface area contributed by atoms with Crippen molar-refractivity contribution < 1.29 is 14.4 Å². The number of fused-ring (bicyclic) bond motifs is 1. The highest BCUT2D eigenvalue weighted by Crippen LogP contribution is 2.26. The van der Waals surface area contributed by atoms with Gasteiger partial charge in [0.1, 0.15) is 6.04 Å². The molecule has 1 aliphatic heterocycles. The van der Waals surface area contributed by atoms with E-state index in [-0.39, 0.29) is 11.9 Å². The van der Waals surface area contributed by atoms with Crippen molar-refractivity contribution in [1.29, 1.82) is 0 Å². The van der Waals surface area contributed by atoms with Gasteiger partial charge in [0, 0.05) is 12.5 Å². The molecule has 27 heavy (non-hydrogen) atoms. The van der Waals surface area contributed by atoms with Crippen LogP contribution in [-0.4, -0.2) is 34.7 Å². The van der Waals surface area contributed by atoms with Crippen LogP contribution in [0.5, 0.6) is 0 Å². The zero-order chi connectivity index (χ0) is 18.8. The number of carbonyl (C=O) groups excluding carboxylic acids is 3. The van der Waals surface area contributed by atoms with Crippen LogP contribution in [-0.2, 0) is 11.2 Å². The lowest BCUT2D eigenvalue weighted by atomic mass is 10.0. The molecule has 0 bridgehead atoms. The Hall–Kier alpha value is -2.95. The first-order valence-corrected chi connectivity index (χ1v) is 9.46. The van der Waals surface area contributed by atoms with Gasteiger partial charge in [-0.3, -0.25) is 19.3 Å². The molecule has 2 aromatic rings. The Morgan fingerprint density at radius 2 is 1.48 bits per heavy atom. The summed E-state index contributed by atoms with van der Waals surface area (Å²) in [4.78, 5) is 40.0. The molecule has 0 unspecified atom stereocenters. The van der Waals surface area contributed by atoms with Gasteiger partial charge in [-0.15, -0.1) is 0 Å². The highest BCUT2D eigenvalue weighted by molar-refractivity contribution is 6.22. The van der Waals surface area contributed by atoms with Crippen LogP contribution in [0.4, 0.5) is 0 Å². The summed E-state index contributed by atoms with van der Waals surface area (Å²) in [5.74, 6) is -1.03. The van der Waals surface area contributed by atoms with Gasteiger partial charge in [-0.1, -0.05) is 55.3 Å². The van der Waals surface area contributed by atoms with Crippen LogP contribution < -0.4 is 5.32 Å². The molecule has 1 fully saturated rings. The van der Waals surface area contributed by atoms with Crippen molar-refractivity contribution in [1.82, 2.24) is 10.2 Å².